The van der Waals surface area contributed by atoms with Gasteiger partial charge >= 0.3 is 11.9 Å². The highest BCUT2D eigenvalue weighted by molar-refractivity contribution is 6.33. The van der Waals surface area contributed by atoms with Crippen LogP contribution in [0.5, 0.6) is 0 Å². The average molecular weight is 289 g/mol. The Bertz CT molecular complexity index is 487. The molecule has 0 saturated carbocycles. The van der Waals surface area contributed by atoms with E-state index in [4.69, 9.17) is 16.7 Å². The first-order valence-corrected chi connectivity index (χ1v) is 5.71. The number of carboxylic acid groups (broad SMARTS) is 1. The Morgan fingerprint density at radius 3 is 2.53 bits per heavy atom. The Morgan fingerprint density at radius 1 is 1.37 bits per heavy atom. The van der Waals surface area contributed by atoms with E-state index in [9.17, 15) is 19.8 Å². The molecule has 0 aliphatic rings. The summed E-state index contributed by atoms with van der Waals surface area (Å²) in [4.78, 5) is 22.1. The van der Waals surface area contributed by atoms with E-state index >= 15 is 0 Å². The van der Waals surface area contributed by atoms with Crippen molar-refractivity contribution in [1.82, 2.24) is 0 Å². The summed E-state index contributed by atoms with van der Waals surface area (Å²) in [6, 6.07) is 4.12. The number of halogens is 1. The highest BCUT2D eigenvalue weighted by Crippen LogP contribution is 2.28. The lowest BCUT2D eigenvalue weighted by atomic mass is 9.97. The summed E-state index contributed by atoms with van der Waals surface area (Å²) < 4.78 is 4.36. The van der Waals surface area contributed by atoms with Crippen LogP contribution in [0.1, 0.15) is 28.4 Å². The van der Waals surface area contributed by atoms with Gasteiger partial charge in [0.25, 0.3) is 0 Å². The Hall–Kier alpha value is -1.63. The molecular formula is C12H13ClO6. The smallest absolute Gasteiger partial charge is 0.337 e. The fourth-order valence-corrected chi connectivity index (χ4v) is 1.85. The van der Waals surface area contributed by atoms with Gasteiger partial charge in [-0.05, 0) is 11.6 Å². The summed E-state index contributed by atoms with van der Waals surface area (Å²) in [5.74, 6) is -2.05. The molecular weight excluding hydrogens is 276 g/mol. The Kier molecular flexibility index (Phi) is 5.29. The molecule has 1 aromatic rings. The molecule has 0 aliphatic carbocycles. The third-order valence-electron chi connectivity index (χ3n) is 2.55. The average Bonchev–Trinajstić information content (AvgIpc) is 2.36. The Labute approximate surface area is 114 Å². The highest BCUT2D eigenvalue weighted by Gasteiger charge is 2.27. The van der Waals surface area contributed by atoms with Crippen molar-refractivity contribution in [3.05, 3.63) is 34.3 Å². The van der Waals surface area contributed by atoms with Crippen molar-refractivity contribution in [2.75, 3.05) is 7.11 Å². The van der Waals surface area contributed by atoms with Crippen LogP contribution >= 0.6 is 11.6 Å². The van der Waals surface area contributed by atoms with Gasteiger partial charge in [0.15, 0.2) is 0 Å². The second-order valence-electron chi connectivity index (χ2n) is 3.80. The molecule has 0 amide bonds. The van der Waals surface area contributed by atoms with Gasteiger partial charge in [-0.2, -0.15) is 0 Å². The molecule has 0 radical (unpaired) electrons. The maximum Gasteiger partial charge on any atom is 0.337 e. The van der Waals surface area contributed by atoms with Gasteiger partial charge in [0, 0.05) is 0 Å². The predicted octanol–water partition coefficient (Wildman–Crippen LogP) is 0.996. The zero-order chi connectivity index (χ0) is 14.6. The molecule has 1 rings (SSSR count). The molecule has 0 aliphatic heterocycles. The van der Waals surface area contributed by atoms with Gasteiger partial charge in [0.2, 0.25) is 0 Å². The van der Waals surface area contributed by atoms with Gasteiger partial charge in [0.05, 0.1) is 30.2 Å². The standard InChI is InChI=1S/C12H13ClO6/c1-19-9(15)5-8(14)11(16)6-3-2-4-7(13)10(6)12(17)18/h2-4,8,11,14,16H,5H2,1H3,(H,17,18). The molecule has 7 heteroatoms. The maximum atomic E-state index is 11.1. The van der Waals surface area contributed by atoms with Gasteiger partial charge in [-0.3, -0.25) is 4.79 Å². The molecule has 104 valence electrons. The molecule has 1 aromatic carbocycles. The maximum absolute atomic E-state index is 11.1. The van der Waals surface area contributed by atoms with Crippen LogP contribution < -0.4 is 0 Å². The fourth-order valence-electron chi connectivity index (χ4n) is 1.59. The largest absolute Gasteiger partial charge is 0.478 e. The topological polar surface area (TPSA) is 104 Å². The zero-order valence-electron chi connectivity index (χ0n) is 10.0. The lowest BCUT2D eigenvalue weighted by Gasteiger charge is -2.19. The first-order valence-electron chi connectivity index (χ1n) is 5.33. The molecule has 0 spiro atoms. The van der Waals surface area contributed by atoms with Crippen LogP contribution in [0.3, 0.4) is 0 Å². The molecule has 0 saturated heterocycles. The van der Waals surface area contributed by atoms with Crippen LogP contribution in [0.15, 0.2) is 18.2 Å². The summed E-state index contributed by atoms with van der Waals surface area (Å²) >= 11 is 5.74. The molecule has 3 N–H and O–H groups in total. The van der Waals surface area contributed by atoms with Gasteiger partial charge in [-0.1, -0.05) is 23.7 Å². The molecule has 0 bridgehead atoms. The number of methoxy groups -OCH3 is 1. The number of carboxylic acids is 1. The Morgan fingerprint density at radius 2 is 2.00 bits per heavy atom. The van der Waals surface area contributed by atoms with E-state index in [2.05, 4.69) is 4.74 Å². The van der Waals surface area contributed by atoms with E-state index in [1.165, 1.54) is 18.2 Å². The predicted molar refractivity (Wildman–Crippen MR) is 66.0 cm³/mol. The van der Waals surface area contributed by atoms with E-state index in [0.29, 0.717) is 0 Å². The van der Waals surface area contributed by atoms with Crippen LogP contribution in [-0.2, 0) is 9.53 Å². The number of aliphatic hydroxyl groups is 2. The molecule has 6 nitrogen and oxygen atoms in total. The van der Waals surface area contributed by atoms with E-state index in [1.807, 2.05) is 0 Å². The number of carbonyl (C=O) groups excluding carboxylic acids is 1. The SMILES string of the molecule is COC(=O)CC(O)C(O)c1cccc(Cl)c1C(=O)O. The highest BCUT2D eigenvalue weighted by atomic mass is 35.5. The number of aromatic carboxylic acids is 1. The van der Waals surface area contributed by atoms with Gasteiger partial charge in [-0.15, -0.1) is 0 Å². The van der Waals surface area contributed by atoms with E-state index < -0.39 is 30.6 Å². The Balaban J connectivity index is 3.05. The van der Waals surface area contributed by atoms with Crippen molar-refractivity contribution >= 4 is 23.5 Å². The summed E-state index contributed by atoms with van der Waals surface area (Å²) in [7, 11) is 1.14. The van der Waals surface area contributed by atoms with Crippen molar-refractivity contribution in [2.45, 2.75) is 18.6 Å². The third kappa shape index (κ3) is 3.66. The number of hydrogen-bond donors (Lipinski definition) is 3. The van der Waals surface area contributed by atoms with Crippen molar-refractivity contribution in [3.63, 3.8) is 0 Å². The van der Waals surface area contributed by atoms with Gasteiger partial charge in [0.1, 0.15) is 6.10 Å². The molecule has 0 heterocycles. The van der Waals surface area contributed by atoms with Crippen LogP contribution in [0.2, 0.25) is 5.02 Å². The monoisotopic (exact) mass is 288 g/mol. The zero-order valence-corrected chi connectivity index (χ0v) is 10.8. The van der Waals surface area contributed by atoms with E-state index in [0.717, 1.165) is 7.11 Å². The minimum Gasteiger partial charge on any atom is -0.478 e. The summed E-state index contributed by atoms with van der Waals surface area (Å²) in [6.45, 7) is 0. The number of carbonyl (C=O) groups is 2. The van der Waals surface area contributed by atoms with E-state index in [1.54, 1.807) is 0 Å². The fraction of sp³-hybridized carbons (Fsp3) is 0.333. The number of rotatable bonds is 5. The third-order valence-corrected chi connectivity index (χ3v) is 2.86. The quantitative estimate of drug-likeness (QED) is 0.698. The van der Waals surface area contributed by atoms with Crippen molar-refractivity contribution in [2.24, 2.45) is 0 Å². The summed E-state index contributed by atoms with van der Waals surface area (Å²) in [6.07, 6.45) is -3.49. The molecule has 2 atom stereocenters. The number of ether oxygens (including phenoxy) is 1. The summed E-state index contributed by atoms with van der Waals surface area (Å²) in [5, 5.41) is 28.6. The minimum absolute atomic E-state index is 0.0589. The second kappa shape index (κ2) is 6.51. The van der Waals surface area contributed by atoms with Crippen LogP contribution in [-0.4, -0.2) is 40.5 Å². The normalized spacial score (nSPS) is 13.7. The van der Waals surface area contributed by atoms with Crippen LogP contribution in [0.25, 0.3) is 0 Å². The lowest BCUT2D eigenvalue weighted by molar-refractivity contribution is -0.144. The number of esters is 1. The second-order valence-corrected chi connectivity index (χ2v) is 4.21. The van der Waals surface area contributed by atoms with Gasteiger partial charge in [-0.25, -0.2) is 4.79 Å². The molecule has 2 unspecified atom stereocenters. The summed E-state index contributed by atoms with van der Waals surface area (Å²) in [5.41, 5.74) is -0.364. The first kappa shape index (κ1) is 15.4. The molecule has 19 heavy (non-hydrogen) atoms. The lowest BCUT2D eigenvalue weighted by Crippen LogP contribution is -2.24. The molecule has 0 aromatic heterocycles. The van der Waals surface area contributed by atoms with Crippen molar-refractivity contribution < 1.29 is 29.6 Å². The van der Waals surface area contributed by atoms with Gasteiger partial charge < -0.3 is 20.1 Å². The van der Waals surface area contributed by atoms with Crippen LogP contribution in [0.4, 0.5) is 0 Å². The number of aliphatic hydroxyl groups excluding tert-OH is 2. The number of benzene rings is 1. The van der Waals surface area contributed by atoms with E-state index in [-0.39, 0.29) is 16.1 Å². The van der Waals surface area contributed by atoms with Crippen LogP contribution in [0, 0.1) is 0 Å². The van der Waals surface area contributed by atoms with Crippen molar-refractivity contribution in [3.8, 4) is 0 Å². The number of hydrogen-bond acceptors (Lipinski definition) is 5. The minimum atomic E-state index is -1.55. The van der Waals surface area contributed by atoms with Crippen molar-refractivity contribution in [1.29, 1.82) is 0 Å². The molecule has 0 fully saturated rings. The first-order chi connectivity index (χ1) is 8.88.